The molecule has 2 rings (SSSR count). The van der Waals surface area contributed by atoms with Crippen LogP contribution in [0.3, 0.4) is 0 Å². The molecule has 1 aromatic rings. The molecule has 92 valence electrons. The Labute approximate surface area is 103 Å². The molecule has 0 unspecified atom stereocenters. The number of benzene rings is 1. The van der Waals surface area contributed by atoms with E-state index < -0.39 is 0 Å². The fourth-order valence-electron chi connectivity index (χ4n) is 2.05. The van der Waals surface area contributed by atoms with Gasteiger partial charge in [0.1, 0.15) is 5.75 Å². The minimum absolute atomic E-state index is 0.113. The average Bonchev–Trinajstić information content (AvgIpc) is 2.51. The fourth-order valence-corrected chi connectivity index (χ4v) is 2.05. The Hall–Kier alpha value is -1.31. The van der Waals surface area contributed by atoms with E-state index in [0.29, 0.717) is 13.0 Å². The summed E-state index contributed by atoms with van der Waals surface area (Å²) in [6.07, 6.45) is 2.48. The number of fused-ring (bicyclic) bond motifs is 1. The van der Waals surface area contributed by atoms with Gasteiger partial charge >= 0.3 is 0 Å². The summed E-state index contributed by atoms with van der Waals surface area (Å²) >= 11 is 0. The van der Waals surface area contributed by atoms with Crippen molar-refractivity contribution < 1.29 is 9.53 Å². The lowest BCUT2D eigenvalue weighted by molar-refractivity contribution is 0.0983. The van der Waals surface area contributed by atoms with Crippen molar-refractivity contribution in [1.82, 2.24) is 0 Å². The van der Waals surface area contributed by atoms with Crippen molar-refractivity contribution in [1.29, 1.82) is 0 Å². The van der Waals surface area contributed by atoms with Crippen LogP contribution < -0.4 is 4.74 Å². The minimum atomic E-state index is 0.113. The zero-order valence-electron chi connectivity index (χ0n) is 10.9. The maximum Gasteiger partial charge on any atom is 0.166 e. The van der Waals surface area contributed by atoms with E-state index in [4.69, 9.17) is 4.74 Å². The van der Waals surface area contributed by atoms with E-state index in [0.717, 1.165) is 24.2 Å². The Kier molecular flexibility index (Phi) is 3.23. The first kappa shape index (κ1) is 12.2. The molecule has 1 aliphatic rings. The molecule has 0 atom stereocenters. The largest absolute Gasteiger partial charge is 0.493 e. The zero-order chi connectivity index (χ0) is 12.5. The molecule has 0 spiro atoms. The molecule has 0 aromatic heterocycles. The van der Waals surface area contributed by atoms with Crippen molar-refractivity contribution in [2.45, 2.75) is 45.4 Å². The van der Waals surface area contributed by atoms with Gasteiger partial charge in [-0.2, -0.15) is 0 Å². The van der Waals surface area contributed by atoms with Crippen LogP contribution in [0, 0.1) is 0 Å². The Balaban J connectivity index is 2.45. The third kappa shape index (κ3) is 2.36. The molecule has 1 aliphatic heterocycles. The normalized spacial score (nSPS) is 16.1. The molecule has 1 heterocycles. The van der Waals surface area contributed by atoms with Gasteiger partial charge in [0, 0.05) is 6.42 Å². The topological polar surface area (TPSA) is 26.3 Å². The van der Waals surface area contributed by atoms with Crippen LogP contribution >= 0.6 is 0 Å². The van der Waals surface area contributed by atoms with Gasteiger partial charge in [-0.15, -0.1) is 0 Å². The lowest BCUT2D eigenvalue weighted by atomic mass is 9.81. The standard InChI is InChI=1S/C15H20O2/c1-4-15(2,3)11-7-8-14-12(10-11)13(16)6-5-9-17-14/h7-8,10H,4-6,9H2,1-3H3. The summed E-state index contributed by atoms with van der Waals surface area (Å²) in [4.78, 5) is 12.0. The van der Waals surface area contributed by atoms with E-state index >= 15 is 0 Å². The predicted molar refractivity (Wildman–Crippen MR) is 68.8 cm³/mol. The maximum absolute atomic E-state index is 12.0. The van der Waals surface area contributed by atoms with Crippen LogP contribution in [0.15, 0.2) is 18.2 Å². The molecule has 0 amide bonds. The van der Waals surface area contributed by atoms with Gasteiger partial charge < -0.3 is 4.74 Å². The molecule has 1 aromatic carbocycles. The molecule has 0 aliphatic carbocycles. The molecule has 0 N–H and O–H groups in total. The third-order valence-corrected chi connectivity index (χ3v) is 3.75. The van der Waals surface area contributed by atoms with Crippen molar-refractivity contribution in [2.75, 3.05) is 6.61 Å². The summed E-state index contributed by atoms with van der Waals surface area (Å²) in [5.41, 5.74) is 2.10. The molecule has 0 saturated heterocycles. The number of carbonyl (C=O) groups is 1. The molecule has 17 heavy (non-hydrogen) atoms. The van der Waals surface area contributed by atoms with Gasteiger partial charge in [0.25, 0.3) is 0 Å². The van der Waals surface area contributed by atoms with Crippen LogP contribution in [0.5, 0.6) is 5.75 Å². The van der Waals surface area contributed by atoms with E-state index in [1.165, 1.54) is 5.56 Å². The van der Waals surface area contributed by atoms with Gasteiger partial charge in [0.05, 0.1) is 12.2 Å². The van der Waals surface area contributed by atoms with Crippen LogP contribution in [0.2, 0.25) is 0 Å². The van der Waals surface area contributed by atoms with Gasteiger partial charge in [-0.3, -0.25) is 4.79 Å². The van der Waals surface area contributed by atoms with Crippen LogP contribution in [0.4, 0.5) is 0 Å². The van der Waals surface area contributed by atoms with Crippen molar-refractivity contribution in [3.05, 3.63) is 29.3 Å². The molecule has 0 saturated carbocycles. The third-order valence-electron chi connectivity index (χ3n) is 3.75. The Morgan fingerprint density at radius 2 is 2.12 bits per heavy atom. The smallest absolute Gasteiger partial charge is 0.166 e. The van der Waals surface area contributed by atoms with E-state index in [1.807, 2.05) is 12.1 Å². The van der Waals surface area contributed by atoms with Crippen molar-refractivity contribution in [3.63, 3.8) is 0 Å². The fraction of sp³-hybridized carbons (Fsp3) is 0.533. The van der Waals surface area contributed by atoms with Crippen LogP contribution in [-0.2, 0) is 5.41 Å². The second kappa shape index (κ2) is 4.52. The van der Waals surface area contributed by atoms with Gasteiger partial charge in [0.15, 0.2) is 5.78 Å². The second-order valence-electron chi connectivity index (χ2n) is 5.32. The number of hydrogen-bond acceptors (Lipinski definition) is 2. The number of ether oxygens (including phenoxy) is 1. The van der Waals surface area contributed by atoms with Crippen molar-refractivity contribution in [2.24, 2.45) is 0 Å². The number of Topliss-reactive ketones (excluding diaryl/α,β-unsaturated/α-hetero) is 1. The summed E-state index contributed by atoms with van der Waals surface area (Å²) < 4.78 is 5.60. The highest BCUT2D eigenvalue weighted by Crippen LogP contribution is 2.32. The van der Waals surface area contributed by atoms with E-state index in [1.54, 1.807) is 0 Å². The molecular weight excluding hydrogens is 212 g/mol. The highest BCUT2D eigenvalue weighted by molar-refractivity contribution is 5.99. The van der Waals surface area contributed by atoms with E-state index in [2.05, 4.69) is 26.8 Å². The van der Waals surface area contributed by atoms with Gasteiger partial charge in [-0.05, 0) is 36.0 Å². The number of hydrogen-bond donors (Lipinski definition) is 0. The summed E-state index contributed by atoms with van der Waals surface area (Å²) in [5.74, 6) is 0.967. The lowest BCUT2D eigenvalue weighted by Crippen LogP contribution is -2.16. The Bertz CT molecular complexity index is 433. The number of rotatable bonds is 2. The lowest BCUT2D eigenvalue weighted by Gasteiger charge is -2.24. The highest BCUT2D eigenvalue weighted by Gasteiger charge is 2.22. The van der Waals surface area contributed by atoms with Gasteiger partial charge in [-0.1, -0.05) is 26.8 Å². The van der Waals surface area contributed by atoms with E-state index in [-0.39, 0.29) is 11.2 Å². The molecule has 0 radical (unpaired) electrons. The van der Waals surface area contributed by atoms with Gasteiger partial charge in [0.2, 0.25) is 0 Å². The van der Waals surface area contributed by atoms with Crippen molar-refractivity contribution in [3.8, 4) is 5.75 Å². The number of ketones is 1. The van der Waals surface area contributed by atoms with Crippen molar-refractivity contribution >= 4 is 5.78 Å². The van der Waals surface area contributed by atoms with Gasteiger partial charge in [-0.25, -0.2) is 0 Å². The predicted octanol–water partition coefficient (Wildman–Crippen LogP) is 3.73. The van der Waals surface area contributed by atoms with Crippen LogP contribution in [0.25, 0.3) is 0 Å². The maximum atomic E-state index is 12.0. The highest BCUT2D eigenvalue weighted by atomic mass is 16.5. The van der Waals surface area contributed by atoms with Crippen LogP contribution in [-0.4, -0.2) is 12.4 Å². The SMILES string of the molecule is CCC(C)(C)c1ccc2c(c1)C(=O)CCCO2. The molecule has 0 bridgehead atoms. The molecular formula is C15H20O2. The zero-order valence-corrected chi connectivity index (χ0v) is 10.9. The summed E-state index contributed by atoms with van der Waals surface area (Å²) in [6.45, 7) is 7.23. The number of carbonyl (C=O) groups excluding carboxylic acids is 1. The first-order chi connectivity index (χ1) is 8.04. The first-order valence-electron chi connectivity index (χ1n) is 6.35. The minimum Gasteiger partial charge on any atom is -0.493 e. The monoisotopic (exact) mass is 232 g/mol. The summed E-state index contributed by atoms with van der Waals surface area (Å²) in [7, 11) is 0. The Morgan fingerprint density at radius 1 is 1.35 bits per heavy atom. The summed E-state index contributed by atoms with van der Waals surface area (Å²) in [5, 5.41) is 0. The summed E-state index contributed by atoms with van der Waals surface area (Å²) in [6, 6.07) is 6.05. The first-order valence-corrected chi connectivity index (χ1v) is 6.35. The second-order valence-corrected chi connectivity index (χ2v) is 5.32. The van der Waals surface area contributed by atoms with Crippen LogP contribution in [0.1, 0.15) is 56.0 Å². The average molecular weight is 232 g/mol. The molecule has 2 heteroatoms. The van der Waals surface area contributed by atoms with E-state index in [9.17, 15) is 4.79 Å². The molecule has 2 nitrogen and oxygen atoms in total. The molecule has 0 fully saturated rings. The quantitative estimate of drug-likeness (QED) is 0.776. The Morgan fingerprint density at radius 3 is 2.82 bits per heavy atom.